The lowest BCUT2D eigenvalue weighted by Crippen LogP contribution is -2.34. The Morgan fingerprint density at radius 2 is 2.00 bits per heavy atom. The quantitative estimate of drug-likeness (QED) is 0.262. The predicted molar refractivity (Wildman–Crippen MR) is 132 cm³/mol. The van der Waals surface area contributed by atoms with E-state index in [4.69, 9.17) is 0 Å². The van der Waals surface area contributed by atoms with E-state index in [0.29, 0.717) is 5.69 Å². The zero-order valence-electron chi connectivity index (χ0n) is 17.3. The van der Waals surface area contributed by atoms with Gasteiger partial charge in [-0.15, -0.1) is 37.9 Å². The number of fused-ring (bicyclic) bond motifs is 1. The van der Waals surface area contributed by atoms with E-state index in [1.165, 1.54) is 30.5 Å². The number of anilines is 2. The van der Waals surface area contributed by atoms with Gasteiger partial charge in [-0.3, -0.25) is 4.57 Å². The van der Waals surface area contributed by atoms with Crippen LogP contribution < -0.4 is 10.6 Å². The zero-order valence-corrected chi connectivity index (χ0v) is 20.0. The fourth-order valence-corrected chi connectivity index (χ4v) is 3.92. The van der Waals surface area contributed by atoms with Crippen LogP contribution in [-0.4, -0.2) is 27.5 Å². The molecule has 0 aliphatic heterocycles. The van der Waals surface area contributed by atoms with E-state index in [1.807, 2.05) is 6.92 Å². The molecule has 1 fully saturated rings. The maximum atomic E-state index is 15.0. The van der Waals surface area contributed by atoms with Gasteiger partial charge in [-0.2, -0.15) is 4.98 Å². The third kappa shape index (κ3) is 5.13. The van der Waals surface area contributed by atoms with E-state index in [9.17, 15) is 13.6 Å². The number of pyridine rings is 1. The van der Waals surface area contributed by atoms with Crippen LogP contribution in [0.1, 0.15) is 25.5 Å². The molecule has 172 valence electrons. The van der Waals surface area contributed by atoms with Gasteiger partial charge in [0.2, 0.25) is 0 Å². The second-order valence-electron chi connectivity index (χ2n) is 8.00. The Hall–Kier alpha value is -2.29. The van der Waals surface area contributed by atoms with Gasteiger partial charge in [-0.25, -0.2) is 22.9 Å². The number of hydrogen-bond donors (Lipinski definition) is 3. The number of halogens is 3. The molecule has 1 saturated carbocycles. The van der Waals surface area contributed by atoms with Crippen molar-refractivity contribution in [2.75, 3.05) is 11.4 Å². The van der Waals surface area contributed by atoms with Crippen LogP contribution in [0.3, 0.4) is 0 Å². The number of benzene rings is 1. The van der Waals surface area contributed by atoms with Crippen molar-refractivity contribution in [3.8, 4) is 11.8 Å². The molecule has 33 heavy (non-hydrogen) atoms. The van der Waals surface area contributed by atoms with Crippen LogP contribution in [0.25, 0.3) is 10.9 Å². The van der Waals surface area contributed by atoms with Crippen LogP contribution in [0.2, 0.25) is 0 Å². The molecule has 0 spiro atoms. The summed E-state index contributed by atoms with van der Waals surface area (Å²) in [5.41, 5.74) is -0.250. The Bertz CT molecular complexity index is 1340. The Kier molecular flexibility index (Phi) is 6.37. The molecule has 4 rings (SSSR count). The van der Waals surface area contributed by atoms with Crippen LogP contribution in [0.5, 0.6) is 0 Å². The summed E-state index contributed by atoms with van der Waals surface area (Å²) in [6.45, 7) is 1.20. The van der Waals surface area contributed by atoms with E-state index in [0.717, 1.165) is 28.4 Å². The van der Waals surface area contributed by atoms with Crippen molar-refractivity contribution < 1.29 is 13.2 Å². The summed E-state index contributed by atoms with van der Waals surface area (Å²) in [4.78, 5) is 22.1. The molecule has 0 atom stereocenters. The second kappa shape index (κ2) is 8.81. The number of hydrogen-bond acceptors (Lipinski definition) is 7. The number of rotatable bonds is 5. The highest BCUT2D eigenvalue weighted by molar-refractivity contribution is 8.15. The van der Waals surface area contributed by atoms with Crippen LogP contribution in [0, 0.1) is 23.1 Å². The van der Waals surface area contributed by atoms with E-state index in [1.54, 1.807) is 0 Å². The third-order valence-electron chi connectivity index (χ3n) is 5.27. The minimum atomic E-state index is -2.80. The van der Waals surface area contributed by atoms with Gasteiger partial charge in [-0.05, 0) is 50.0 Å². The molecule has 1 aliphatic rings. The lowest BCUT2D eigenvalue weighted by atomic mass is 10.1. The van der Waals surface area contributed by atoms with Crippen LogP contribution in [0.15, 0.2) is 41.3 Å². The molecule has 2 aromatic heterocycles. The minimum Gasteiger partial charge on any atom is -0.320 e. The lowest BCUT2D eigenvalue weighted by Gasteiger charge is -2.27. The van der Waals surface area contributed by atoms with Crippen LogP contribution in [0.4, 0.5) is 24.7 Å². The Morgan fingerprint density at radius 3 is 2.64 bits per heavy atom. The maximum Gasteiger partial charge on any atom is 0.352 e. The van der Waals surface area contributed by atoms with Crippen molar-refractivity contribution in [2.45, 2.75) is 29.7 Å². The first-order valence-corrected chi connectivity index (χ1v) is 11.3. The van der Waals surface area contributed by atoms with E-state index in [-0.39, 0.29) is 27.8 Å². The number of alkyl halides is 2. The van der Waals surface area contributed by atoms with E-state index < -0.39 is 28.0 Å². The molecule has 3 aromatic rings. The fourth-order valence-electron chi connectivity index (χ4n) is 3.34. The minimum absolute atomic E-state index is 0.0508. The largest absolute Gasteiger partial charge is 0.352 e. The van der Waals surface area contributed by atoms with Crippen molar-refractivity contribution in [3.05, 3.63) is 58.5 Å². The first kappa shape index (κ1) is 23.9. The van der Waals surface area contributed by atoms with Crippen LogP contribution in [-0.2, 0) is 3.54 Å². The first-order chi connectivity index (χ1) is 15.5. The molecular formula is C22H19F3N4OS3. The summed E-state index contributed by atoms with van der Waals surface area (Å²) in [7, 11) is 0. The monoisotopic (exact) mass is 508 g/mol. The van der Waals surface area contributed by atoms with Gasteiger partial charge >= 0.3 is 5.69 Å². The highest BCUT2D eigenvalue weighted by Crippen LogP contribution is 2.44. The van der Waals surface area contributed by atoms with Gasteiger partial charge in [0.1, 0.15) is 11.5 Å². The molecule has 2 heterocycles. The summed E-state index contributed by atoms with van der Waals surface area (Å²) in [5.74, 6) is 5.09. The Labute approximate surface area is 204 Å². The SMILES string of the molecule is CC1(C#Cc2cc(N(CC(F)F)c3nc(=O)n(C(S)(S)S)c4cccc(F)c34)ccn2)CC1. The number of aromatic nitrogens is 3. The summed E-state index contributed by atoms with van der Waals surface area (Å²) >= 11 is 12.5. The average molecular weight is 509 g/mol. The Balaban J connectivity index is 1.93. The van der Waals surface area contributed by atoms with Gasteiger partial charge in [-0.1, -0.05) is 12.0 Å². The van der Waals surface area contributed by atoms with Crippen molar-refractivity contribution in [3.63, 3.8) is 0 Å². The molecule has 0 radical (unpaired) electrons. The summed E-state index contributed by atoms with van der Waals surface area (Å²) in [6, 6.07) is 6.98. The van der Waals surface area contributed by atoms with Gasteiger partial charge < -0.3 is 4.90 Å². The lowest BCUT2D eigenvalue weighted by molar-refractivity contribution is 0.157. The van der Waals surface area contributed by atoms with Crippen molar-refractivity contribution in [2.24, 2.45) is 5.41 Å². The van der Waals surface area contributed by atoms with E-state index >= 15 is 4.39 Å². The molecular weight excluding hydrogens is 489 g/mol. The standard InChI is InChI=1S/C22H19F3N4OS3/c1-21(8-9-21)7-5-13-11-14(6-10-26-13)28(12-17(24)25)19-18-15(23)3-2-4-16(18)29(20(30)27-19)22(31,32)33/h2-4,6,10-11,17,31-33H,8-9,12H2,1H3. The smallest absolute Gasteiger partial charge is 0.320 e. The molecule has 1 aromatic carbocycles. The topological polar surface area (TPSA) is 51.0 Å². The second-order valence-corrected chi connectivity index (χ2v) is 11.0. The molecule has 0 N–H and O–H groups in total. The average Bonchev–Trinajstić information content (AvgIpc) is 3.46. The molecule has 0 amide bonds. The molecule has 0 bridgehead atoms. The molecule has 0 unspecified atom stereocenters. The van der Waals surface area contributed by atoms with E-state index in [2.05, 4.69) is 59.7 Å². The van der Waals surface area contributed by atoms with Gasteiger partial charge in [0.15, 0.2) is 9.35 Å². The number of thiol groups is 3. The first-order valence-electron chi connectivity index (χ1n) is 9.92. The number of nitrogens with zero attached hydrogens (tertiary/aromatic N) is 4. The molecule has 1 aliphatic carbocycles. The summed E-state index contributed by atoms with van der Waals surface area (Å²) in [5, 5.41) is -0.144. The van der Waals surface area contributed by atoms with Crippen molar-refractivity contribution >= 4 is 60.3 Å². The van der Waals surface area contributed by atoms with Crippen molar-refractivity contribution in [1.82, 2.24) is 14.5 Å². The highest BCUT2D eigenvalue weighted by Gasteiger charge is 2.35. The van der Waals surface area contributed by atoms with Gasteiger partial charge in [0, 0.05) is 17.3 Å². The molecule has 11 heteroatoms. The van der Waals surface area contributed by atoms with Gasteiger partial charge in [0.05, 0.1) is 17.4 Å². The Morgan fingerprint density at radius 1 is 1.27 bits per heavy atom. The fraction of sp³-hybridized carbons (Fsp3) is 0.318. The summed E-state index contributed by atoms with van der Waals surface area (Å²) in [6.07, 6.45) is 0.604. The normalized spacial score (nSPS) is 14.8. The maximum absolute atomic E-state index is 15.0. The molecule has 5 nitrogen and oxygen atoms in total. The predicted octanol–water partition coefficient (Wildman–Crippen LogP) is 4.84. The van der Waals surface area contributed by atoms with Crippen LogP contribution >= 0.6 is 37.9 Å². The summed E-state index contributed by atoms with van der Waals surface area (Å²) < 4.78 is 41.6. The molecule has 0 saturated heterocycles. The van der Waals surface area contributed by atoms with Crippen molar-refractivity contribution in [1.29, 1.82) is 0 Å². The van der Waals surface area contributed by atoms with Gasteiger partial charge in [0.25, 0.3) is 6.43 Å². The third-order valence-corrected chi connectivity index (χ3v) is 5.87. The highest BCUT2D eigenvalue weighted by atomic mass is 32.2. The zero-order chi connectivity index (χ0) is 24.0.